The highest BCUT2D eigenvalue weighted by atomic mass is 16.5. The average molecular weight is 441 g/mol. The molecule has 0 aromatic heterocycles. The minimum atomic E-state index is 0.275. The van der Waals surface area contributed by atoms with Crippen molar-refractivity contribution in [1.82, 2.24) is 15.5 Å². The Morgan fingerprint density at radius 2 is 1.75 bits per heavy atom. The third kappa shape index (κ3) is 6.29. The first-order chi connectivity index (χ1) is 15.7. The first-order valence-electron chi connectivity index (χ1n) is 11.2. The van der Waals surface area contributed by atoms with Gasteiger partial charge in [0.1, 0.15) is 5.75 Å². The zero-order chi connectivity index (χ0) is 22.8. The lowest BCUT2D eigenvalue weighted by molar-refractivity contribution is 0.245. The summed E-state index contributed by atoms with van der Waals surface area (Å²) in [5.74, 6) is 3.19. The molecule has 32 heavy (non-hydrogen) atoms. The van der Waals surface area contributed by atoms with Gasteiger partial charge < -0.3 is 24.8 Å². The number of methoxy groups -OCH3 is 3. The zero-order valence-electron chi connectivity index (χ0n) is 19.7. The molecular formula is C25H36N4O3. The van der Waals surface area contributed by atoms with E-state index in [4.69, 9.17) is 14.2 Å². The van der Waals surface area contributed by atoms with Crippen LogP contribution in [0.15, 0.2) is 47.5 Å². The molecule has 1 heterocycles. The van der Waals surface area contributed by atoms with E-state index < -0.39 is 0 Å². The predicted octanol–water partition coefficient (Wildman–Crippen LogP) is 3.26. The summed E-state index contributed by atoms with van der Waals surface area (Å²) in [5.41, 5.74) is 2.44. The van der Waals surface area contributed by atoms with E-state index in [9.17, 15) is 0 Å². The Kier molecular flexibility index (Phi) is 9.04. The fourth-order valence-corrected chi connectivity index (χ4v) is 4.14. The molecule has 0 aliphatic carbocycles. The molecule has 0 spiro atoms. The lowest BCUT2D eigenvalue weighted by atomic mass is 10.1. The molecule has 1 atom stereocenters. The van der Waals surface area contributed by atoms with Gasteiger partial charge in [0.05, 0.1) is 27.4 Å². The SMILES string of the molecule is CN=C(NCCc1ccc(OC)c(OC)c1)NCC(c1cccc(OC)c1)N1CCCC1. The van der Waals surface area contributed by atoms with E-state index in [1.165, 1.54) is 24.0 Å². The Balaban J connectivity index is 1.57. The van der Waals surface area contributed by atoms with Crippen molar-refractivity contribution in [2.45, 2.75) is 25.3 Å². The normalized spacial score (nSPS) is 15.3. The minimum Gasteiger partial charge on any atom is -0.497 e. The molecule has 3 rings (SSSR count). The smallest absolute Gasteiger partial charge is 0.191 e. The maximum atomic E-state index is 5.45. The summed E-state index contributed by atoms with van der Waals surface area (Å²) >= 11 is 0. The maximum Gasteiger partial charge on any atom is 0.191 e. The second-order valence-electron chi connectivity index (χ2n) is 7.85. The van der Waals surface area contributed by atoms with Crippen LogP contribution >= 0.6 is 0 Å². The molecule has 7 heteroatoms. The van der Waals surface area contributed by atoms with Crippen molar-refractivity contribution < 1.29 is 14.2 Å². The van der Waals surface area contributed by atoms with E-state index in [-0.39, 0.29) is 6.04 Å². The third-order valence-electron chi connectivity index (χ3n) is 5.90. The van der Waals surface area contributed by atoms with Crippen molar-refractivity contribution in [3.8, 4) is 17.2 Å². The van der Waals surface area contributed by atoms with Crippen molar-refractivity contribution in [1.29, 1.82) is 0 Å². The van der Waals surface area contributed by atoms with Crippen molar-refractivity contribution in [2.75, 3.05) is 54.6 Å². The number of hydrogen-bond acceptors (Lipinski definition) is 5. The zero-order valence-corrected chi connectivity index (χ0v) is 19.7. The van der Waals surface area contributed by atoms with E-state index >= 15 is 0 Å². The molecule has 1 fully saturated rings. The van der Waals surface area contributed by atoms with Crippen LogP contribution in [0.3, 0.4) is 0 Å². The summed E-state index contributed by atoms with van der Waals surface area (Å²) in [7, 11) is 6.83. The second kappa shape index (κ2) is 12.2. The Morgan fingerprint density at radius 1 is 0.969 bits per heavy atom. The number of aliphatic imine (C=N–C) groups is 1. The number of hydrogen-bond donors (Lipinski definition) is 2. The standard InChI is InChI=1S/C25H36N4O3/c1-26-25(27-13-12-19-10-11-23(31-3)24(16-19)32-4)28-18-22(29-14-5-6-15-29)20-8-7-9-21(17-20)30-2/h7-11,16-17,22H,5-6,12-15,18H2,1-4H3,(H2,26,27,28). The molecule has 1 aliphatic rings. The van der Waals surface area contributed by atoms with Gasteiger partial charge in [-0.3, -0.25) is 9.89 Å². The fourth-order valence-electron chi connectivity index (χ4n) is 4.14. The van der Waals surface area contributed by atoms with Gasteiger partial charge in [0.2, 0.25) is 0 Å². The van der Waals surface area contributed by atoms with Crippen molar-refractivity contribution in [3.63, 3.8) is 0 Å². The molecule has 174 valence electrons. The molecule has 1 aliphatic heterocycles. The van der Waals surface area contributed by atoms with Crippen LogP contribution in [0.4, 0.5) is 0 Å². The molecule has 1 saturated heterocycles. The van der Waals surface area contributed by atoms with Crippen LogP contribution in [0, 0.1) is 0 Å². The summed E-state index contributed by atoms with van der Waals surface area (Å²) in [6, 6.07) is 14.7. The van der Waals surface area contributed by atoms with Gasteiger partial charge in [-0.2, -0.15) is 0 Å². The summed E-state index contributed by atoms with van der Waals surface area (Å²) in [6.07, 6.45) is 3.35. The van der Waals surface area contributed by atoms with E-state index in [1.807, 2.05) is 25.2 Å². The first kappa shape index (κ1) is 23.7. The summed E-state index contributed by atoms with van der Waals surface area (Å²) in [4.78, 5) is 6.95. The summed E-state index contributed by atoms with van der Waals surface area (Å²) in [5, 5.41) is 6.95. The minimum absolute atomic E-state index is 0.275. The van der Waals surface area contributed by atoms with Gasteiger partial charge in [-0.1, -0.05) is 18.2 Å². The number of nitrogens with zero attached hydrogens (tertiary/aromatic N) is 2. The van der Waals surface area contributed by atoms with Gasteiger partial charge in [-0.25, -0.2) is 0 Å². The van der Waals surface area contributed by atoms with E-state index in [1.54, 1.807) is 21.3 Å². The van der Waals surface area contributed by atoms with E-state index in [2.05, 4.69) is 44.8 Å². The molecule has 0 bridgehead atoms. The number of ether oxygens (including phenoxy) is 3. The third-order valence-corrected chi connectivity index (χ3v) is 5.90. The molecule has 0 radical (unpaired) electrons. The monoisotopic (exact) mass is 440 g/mol. The van der Waals surface area contributed by atoms with Crippen molar-refractivity contribution in [2.24, 2.45) is 4.99 Å². The largest absolute Gasteiger partial charge is 0.497 e. The predicted molar refractivity (Wildman–Crippen MR) is 129 cm³/mol. The van der Waals surface area contributed by atoms with Gasteiger partial charge in [-0.15, -0.1) is 0 Å². The van der Waals surface area contributed by atoms with Gasteiger partial charge >= 0.3 is 0 Å². The molecule has 1 unspecified atom stereocenters. The van der Waals surface area contributed by atoms with Gasteiger partial charge in [-0.05, 0) is 67.7 Å². The summed E-state index contributed by atoms with van der Waals surface area (Å²) in [6.45, 7) is 3.79. The highest BCUT2D eigenvalue weighted by molar-refractivity contribution is 5.79. The fraction of sp³-hybridized carbons (Fsp3) is 0.480. The Hall–Kier alpha value is -2.93. The van der Waals surface area contributed by atoms with Gasteiger partial charge in [0.25, 0.3) is 0 Å². The van der Waals surface area contributed by atoms with Crippen LogP contribution in [0.5, 0.6) is 17.2 Å². The van der Waals surface area contributed by atoms with Crippen LogP contribution in [0.25, 0.3) is 0 Å². The molecule has 7 nitrogen and oxygen atoms in total. The first-order valence-corrected chi connectivity index (χ1v) is 11.2. The lowest BCUT2D eigenvalue weighted by Crippen LogP contribution is -2.43. The van der Waals surface area contributed by atoms with Crippen molar-refractivity contribution in [3.05, 3.63) is 53.6 Å². The quantitative estimate of drug-likeness (QED) is 0.437. The van der Waals surface area contributed by atoms with Crippen LogP contribution < -0.4 is 24.8 Å². The molecular weight excluding hydrogens is 404 g/mol. The molecule has 2 aromatic carbocycles. The second-order valence-corrected chi connectivity index (χ2v) is 7.85. The van der Waals surface area contributed by atoms with Crippen LogP contribution in [0.1, 0.15) is 30.0 Å². The maximum absolute atomic E-state index is 5.45. The molecule has 2 N–H and O–H groups in total. The van der Waals surface area contributed by atoms with Crippen LogP contribution in [-0.4, -0.2) is 65.4 Å². The number of guanidine groups is 1. The Labute approximate surface area is 191 Å². The molecule has 0 amide bonds. The van der Waals surface area contributed by atoms with Gasteiger partial charge in [0, 0.05) is 20.1 Å². The van der Waals surface area contributed by atoms with Crippen LogP contribution in [-0.2, 0) is 6.42 Å². The number of benzene rings is 2. The van der Waals surface area contributed by atoms with Gasteiger partial charge in [0.15, 0.2) is 17.5 Å². The lowest BCUT2D eigenvalue weighted by Gasteiger charge is -2.29. The Morgan fingerprint density at radius 3 is 2.44 bits per heavy atom. The number of likely N-dealkylation sites (tertiary alicyclic amines) is 1. The van der Waals surface area contributed by atoms with Crippen LogP contribution in [0.2, 0.25) is 0 Å². The number of nitrogens with one attached hydrogen (secondary N) is 2. The highest BCUT2D eigenvalue weighted by Crippen LogP contribution is 2.28. The Bertz CT molecular complexity index is 881. The van der Waals surface area contributed by atoms with Crippen molar-refractivity contribution >= 4 is 5.96 Å². The molecule has 2 aromatic rings. The van der Waals surface area contributed by atoms with E-state index in [0.29, 0.717) is 0 Å². The topological polar surface area (TPSA) is 67.4 Å². The van der Waals surface area contributed by atoms with E-state index in [0.717, 1.165) is 55.8 Å². The average Bonchev–Trinajstić information content (AvgIpc) is 3.37. The molecule has 0 saturated carbocycles. The number of rotatable bonds is 10. The highest BCUT2D eigenvalue weighted by Gasteiger charge is 2.24. The summed E-state index contributed by atoms with van der Waals surface area (Å²) < 4.78 is 16.2.